The minimum atomic E-state index is 1.03. The Kier molecular flexibility index (Phi) is 2.36. The van der Waals surface area contributed by atoms with Crippen molar-refractivity contribution < 1.29 is 0 Å². The van der Waals surface area contributed by atoms with Crippen molar-refractivity contribution >= 4 is 16.7 Å². The lowest BCUT2D eigenvalue weighted by atomic mass is 10.0. The standard InChI is InChI=1S/C18H14N2/c1-13-11-12-20-16-10-6-5-9-15(16)19-18(20)17(13)14-7-3-2-4-8-14/h2-12H,1H3. The smallest absolute Gasteiger partial charge is 0.146 e. The molecule has 0 radical (unpaired) electrons. The summed E-state index contributed by atoms with van der Waals surface area (Å²) in [6.07, 6.45) is 2.10. The largest absolute Gasteiger partial charge is 0.299 e. The number of rotatable bonds is 1. The van der Waals surface area contributed by atoms with E-state index in [0.717, 1.165) is 16.7 Å². The van der Waals surface area contributed by atoms with Crippen LogP contribution in [0.5, 0.6) is 0 Å². The number of benzene rings is 2. The van der Waals surface area contributed by atoms with Crippen molar-refractivity contribution in [3.8, 4) is 11.1 Å². The first-order valence-corrected chi connectivity index (χ1v) is 6.76. The fraction of sp³-hybridized carbons (Fsp3) is 0.0556. The predicted molar refractivity (Wildman–Crippen MR) is 82.9 cm³/mol. The maximum atomic E-state index is 4.82. The molecule has 0 saturated heterocycles. The second kappa shape index (κ2) is 4.20. The molecule has 2 heteroatoms. The van der Waals surface area contributed by atoms with Crippen LogP contribution in [-0.2, 0) is 0 Å². The molecule has 0 amide bonds. The van der Waals surface area contributed by atoms with Gasteiger partial charge in [0.2, 0.25) is 0 Å². The van der Waals surface area contributed by atoms with E-state index in [-0.39, 0.29) is 0 Å². The molecule has 0 unspecified atom stereocenters. The van der Waals surface area contributed by atoms with Gasteiger partial charge in [-0.2, -0.15) is 0 Å². The molecule has 0 spiro atoms. The Morgan fingerprint density at radius 2 is 1.60 bits per heavy atom. The van der Waals surface area contributed by atoms with Gasteiger partial charge in [-0.3, -0.25) is 4.40 Å². The molecule has 0 aliphatic heterocycles. The Labute approximate surface area is 117 Å². The van der Waals surface area contributed by atoms with E-state index in [4.69, 9.17) is 4.98 Å². The Balaban J connectivity index is 2.17. The molecule has 0 bridgehead atoms. The number of imidazole rings is 1. The third-order valence-corrected chi connectivity index (χ3v) is 3.75. The van der Waals surface area contributed by atoms with Crippen molar-refractivity contribution in [1.82, 2.24) is 9.38 Å². The molecule has 0 fully saturated rings. The van der Waals surface area contributed by atoms with Crippen molar-refractivity contribution in [3.63, 3.8) is 0 Å². The number of pyridine rings is 1. The lowest BCUT2D eigenvalue weighted by molar-refractivity contribution is 1.21. The Morgan fingerprint density at radius 1 is 0.850 bits per heavy atom. The lowest BCUT2D eigenvalue weighted by Crippen LogP contribution is -1.91. The highest BCUT2D eigenvalue weighted by molar-refractivity contribution is 5.89. The SMILES string of the molecule is Cc1ccn2c(nc3ccccc32)c1-c1ccccc1. The summed E-state index contributed by atoms with van der Waals surface area (Å²) in [5, 5.41) is 0. The molecule has 2 nitrogen and oxygen atoms in total. The van der Waals surface area contributed by atoms with Crippen LogP contribution in [0.1, 0.15) is 5.56 Å². The molecule has 96 valence electrons. The Bertz CT molecular complexity index is 905. The number of nitrogens with zero attached hydrogens (tertiary/aromatic N) is 2. The summed E-state index contributed by atoms with van der Waals surface area (Å²) >= 11 is 0. The monoisotopic (exact) mass is 258 g/mol. The van der Waals surface area contributed by atoms with E-state index in [9.17, 15) is 0 Å². The van der Waals surface area contributed by atoms with E-state index < -0.39 is 0 Å². The van der Waals surface area contributed by atoms with Crippen LogP contribution in [0.25, 0.3) is 27.8 Å². The van der Waals surface area contributed by atoms with Crippen LogP contribution in [0.2, 0.25) is 0 Å². The maximum absolute atomic E-state index is 4.82. The van der Waals surface area contributed by atoms with Gasteiger partial charge in [-0.15, -0.1) is 0 Å². The highest BCUT2D eigenvalue weighted by atomic mass is 15.0. The van der Waals surface area contributed by atoms with E-state index in [1.54, 1.807) is 0 Å². The van der Waals surface area contributed by atoms with Crippen molar-refractivity contribution in [2.24, 2.45) is 0 Å². The average molecular weight is 258 g/mol. The number of para-hydroxylation sites is 2. The number of hydrogen-bond acceptors (Lipinski definition) is 1. The summed E-state index contributed by atoms with van der Waals surface area (Å²) in [6.45, 7) is 2.14. The summed E-state index contributed by atoms with van der Waals surface area (Å²) in [5.41, 5.74) is 6.89. The van der Waals surface area contributed by atoms with Gasteiger partial charge in [0.15, 0.2) is 0 Å². The topological polar surface area (TPSA) is 17.3 Å². The molecule has 0 N–H and O–H groups in total. The lowest BCUT2D eigenvalue weighted by Gasteiger charge is -2.08. The van der Waals surface area contributed by atoms with Gasteiger partial charge in [-0.05, 0) is 36.2 Å². The second-order valence-corrected chi connectivity index (χ2v) is 5.03. The van der Waals surface area contributed by atoms with Crippen LogP contribution >= 0.6 is 0 Å². The highest BCUT2D eigenvalue weighted by Gasteiger charge is 2.11. The third-order valence-electron chi connectivity index (χ3n) is 3.75. The van der Waals surface area contributed by atoms with Gasteiger partial charge in [0.1, 0.15) is 5.65 Å². The molecule has 0 saturated carbocycles. The zero-order valence-corrected chi connectivity index (χ0v) is 11.2. The van der Waals surface area contributed by atoms with Gasteiger partial charge in [-0.25, -0.2) is 4.98 Å². The molecular weight excluding hydrogens is 244 g/mol. The predicted octanol–water partition coefficient (Wildman–Crippen LogP) is 4.46. The summed E-state index contributed by atoms with van der Waals surface area (Å²) in [7, 11) is 0. The molecule has 4 aromatic rings. The van der Waals surface area contributed by atoms with Gasteiger partial charge >= 0.3 is 0 Å². The van der Waals surface area contributed by atoms with Crippen LogP contribution < -0.4 is 0 Å². The van der Waals surface area contributed by atoms with Crippen LogP contribution in [0, 0.1) is 6.92 Å². The minimum Gasteiger partial charge on any atom is -0.299 e. The highest BCUT2D eigenvalue weighted by Crippen LogP contribution is 2.29. The fourth-order valence-corrected chi connectivity index (χ4v) is 2.78. The van der Waals surface area contributed by atoms with E-state index in [1.165, 1.54) is 16.7 Å². The molecule has 4 rings (SSSR count). The van der Waals surface area contributed by atoms with Crippen LogP contribution in [0.15, 0.2) is 66.9 Å². The van der Waals surface area contributed by atoms with Crippen molar-refractivity contribution in [2.75, 3.05) is 0 Å². The molecule has 2 aromatic carbocycles. The molecule has 0 aliphatic rings. The quantitative estimate of drug-likeness (QED) is 0.492. The number of aromatic nitrogens is 2. The van der Waals surface area contributed by atoms with E-state index in [0.29, 0.717) is 0 Å². The Morgan fingerprint density at radius 3 is 2.45 bits per heavy atom. The van der Waals surface area contributed by atoms with Crippen LogP contribution in [-0.4, -0.2) is 9.38 Å². The minimum absolute atomic E-state index is 1.03. The van der Waals surface area contributed by atoms with E-state index in [1.807, 2.05) is 12.1 Å². The summed E-state index contributed by atoms with van der Waals surface area (Å²) in [6, 6.07) is 20.9. The second-order valence-electron chi connectivity index (χ2n) is 5.03. The summed E-state index contributed by atoms with van der Waals surface area (Å²) in [5.74, 6) is 0. The molecule has 0 atom stereocenters. The molecule has 2 aromatic heterocycles. The third kappa shape index (κ3) is 1.55. The van der Waals surface area contributed by atoms with Gasteiger partial charge in [0.25, 0.3) is 0 Å². The fourth-order valence-electron chi connectivity index (χ4n) is 2.78. The molecular formula is C18H14N2. The van der Waals surface area contributed by atoms with Crippen LogP contribution in [0.3, 0.4) is 0 Å². The average Bonchev–Trinajstić information content (AvgIpc) is 2.86. The van der Waals surface area contributed by atoms with Crippen LogP contribution in [0.4, 0.5) is 0 Å². The molecule has 0 aliphatic carbocycles. The maximum Gasteiger partial charge on any atom is 0.146 e. The summed E-state index contributed by atoms with van der Waals surface area (Å²) < 4.78 is 2.17. The van der Waals surface area contributed by atoms with Gasteiger partial charge < -0.3 is 0 Å². The van der Waals surface area contributed by atoms with Crippen molar-refractivity contribution in [3.05, 3.63) is 72.4 Å². The van der Waals surface area contributed by atoms with Crippen molar-refractivity contribution in [1.29, 1.82) is 0 Å². The van der Waals surface area contributed by atoms with E-state index in [2.05, 4.69) is 66.1 Å². The first kappa shape index (κ1) is 11.2. The normalized spacial score (nSPS) is 11.2. The zero-order valence-electron chi connectivity index (χ0n) is 11.2. The number of aryl methyl sites for hydroxylation is 1. The van der Waals surface area contributed by atoms with Crippen molar-refractivity contribution in [2.45, 2.75) is 6.92 Å². The first-order chi connectivity index (χ1) is 9.84. The number of hydrogen-bond donors (Lipinski definition) is 0. The van der Waals surface area contributed by atoms with Gasteiger partial charge in [0, 0.05) is 11.8 Å². The zero-order chi connectivity index (χ0) is 13.5. The van der Waals surface area contributed by atoms with E-state index >= 15 is 0 Å². The van der Waals surface area contributed by atoms with Gasteiger partial charge in [-0.1, -0.05) is 42.5 Å². The molecule has 20 heavy (non-hydrogen) atoms. The Hall–Kier alpha value is -2.61. The summed E-state index contributed by atoms with van der Waals surface area (Å²) in [4.78, 5) is 4.82. The first-order valence-electron chi connectivity index (χ1n) is 6.76. The van der Waals surface area contributed by atoms with Gasteiger partial charge in [0.05, 0.1) is 11.0 Å². The number of fused-ring (bicyclic) bond motifs is 3. The molecule has 2 heterocycles.